The number of ether oxygens (including phenoxy) is 1. The summed E-state index contributed by atoms with van der Waals surface area (Å²) in [5.74, 6) is -0.876. The standard InChI is InChI=1S/C17H18NO3/c18-17(20)16-14(19)10-6-11-15(16)21-12-5-4-9-13-7-2-1-3-8-13/h1-3,6-8,10-11H,4-5,9,12H2,(H2,18,20). The van der Waals surface area contributed by atoms with Crippen LogP contribution in [-0.4, -0.2) is 12.5 Å². The average Bonchev–Trinajstić information content (AvgIpc) is 2.47. The van der Waals surface area contributed by atoms with Crippen LogP contribution in [-0.2, 0) is 11.5 Å². The van der Waals surface area contributed by atoms with E-state index >= 15 is 0 Å². The molecular formula is C17H18NO3. The van der Waals surface area contributed by atoms with Gasteiger partial charge in [0, 0.05) is 0 Å². The Labute approximate surface area is 124 Å². The summed E-state index contributed by atoms with van der Waals surface area (Å²) in [6.07, 6.45) is 2.80. The molecule has 0 saturated carbocycles. The minimum Gasteiger partial charge on any atom is -0.493 e. The summed E-state index contributed by atoms with van der Waals surface area (Å²) in [6, 6.07) is 14.7. The van der Waals surface area contributed by atoms with Crippen LogP contribution < -0.4 is 10.5 Å². The molecule has 2 aromatic carbocycles. The molecule has 2 aromatic rings. The Morgan fingerprint density at radius 2 is 1.76 bits per heavy atom. The number of rotatable bonds is 7. The van der Waals surface area contributed by atoms with Crippen molar-refractivity contribution in [1.82, 2.24) is 0 Å². The molecule has 0 atom stereocenters. The van der Waals surface area contributed by atoms with Crippen LogP contribution >= 0.6 is 0 Å². The minimum absolute atomic E-state index is 0.0689. The zero-order chi connectivity index (χ0) is 15.1. The van der Waals surface area contributed by atoms with Gasteiger partial charge in [-0.2, -0.15) is 0 Å². The normalized spacial score (nSPS) is 10.3. The lowest BCUT2D eigenvalue weighted by Crippen LogP contribution is -2.13. The topological polar surface area (TPSA) is 72.2 Å². The van der Waals surface area contributed by atoms with Crippen LogP contribution in [0.4, 0.5) is 0 Å². The molecule has 0 spiro atoms. The Bertz CT molecular complexity index is 596. The maximum absolute atomic E-state index is 11.6. The fourth-order valence-corrected chi connectivity index (χ4v) is 2.13. The monoisotopic (exact) mass is 284 g/mol. The van der Waals surface area contributed by atoms with Crippen LogP contribution in [0.5, 0.6) is 11.5 Å². The summed E-state index contributed by atoms with van der Waals surface area (Å²) < 4.78 is 5.52. The van der Waals surface area contributed by atoms with E-state index in [-0.39, 0.29) is 11.3 Å². The van der Waals surface area contributed by atoms with Gasteiger partial charge in [-0.25, -0.2) is 0 Å². The van der Waals surface area contributed by atoms with Gasteiger partial charge < -0.3 is 10.5 Å². The molecule has 0 aliphatic carbocycles. The van der Waals surface area contributed by atoms with Gasteiger partial charge in [-0.3, -0.25) is 9.90 Å². The Morgan fingerprint density at radius 3 is 2.48 bits per heavy atom. The van der Waals surface area contributed by atoms with E-state index in [1.54, 1.807) is 12.1 Å². The number of hydrogen-bond donors (Lipinski definition) is 1. The molecule has 2 N–H and O–H groups in total. The second-order valence-electron chi connectivity index (χ2n) is 4.78. The van der Waals surface area contributed by atoms with E-state index in [0.717, 1.165) is 19.3 Å². The number of unbranched alkanes of at least 4 members (excludes halogenated alkanes) is 1. The molecule has 1 radical (unpaired) electrons. The molecule has 4 heteroatoms. The SMILES string of the molecule is NC(=O)c1c([O])cccc1OCCCCc1ccccc1. The Morgan fingerprint density at radius 1 is 1.00 bits per heavy atom. The van der Waals surface area contributed by atoms with Crippen molar-refractivity contribution < 1.29 is 14.6 Å². The fourth-order valence-electron chi connectivity index (χ4n) is 2.13. The molecule has 0 aliphatic rings. The Kier molecular flexibility index (Phi) is 5.21. The van der Waals surface area contributed by atoms with E-state index < -0.39 is 11.7 Å². The number of aryl methyl sites for hydroxylation is 1. The third kappa shape index (κ3) is 4.24. The summed E-state index contributed by atoms with van der Waals surface area (Å²) >= 11 is 0. The van der Waals surface area contributed by atoms with Crippen molar-refractivity contribution >= 4 is 5.91 Å². The van der Waals surface area contributed by atoms with E-state index in [1.165, 1.54) is 11.6 Å². The number of benzene rings is 2. The van der Waals surface area contributed by atoms with E-state index in [1.807, 2.05) is 18.2 Å². The summed E-state index contributed by atoms with van der Waals surface area (Å²) in [5.41, 5.74) is 6.42. The quantitative estimate of drug-likeness (QED) is 0.792. The third-order valence-electron chi connectivity index (χ3n) is 3.19. The molecule has 0 unspecified atom stereocenters. The largest absolute Gasteiger partial charge is 0.493 e. The lowest BCUT2D eigenvalue weighted by molar-refractivity contribution is 0.0991. The minimum atomic E-state index is -0.750. The zero-order valence-electron chi connectivity index (χ0n) is 11.7. The first-order valence-corrected chi connectivity index (χ1v) is 6.95. The highest BCUT2D eigenvalue weighted by atomic mass is 16.5. The summed E-state index contributed by atoms with van der Waals surface area (Å²) in [4.78, 5) is 11.3. The van der Waals surface area contributed by atoms with Crippen molar-refractivity contribution in [2.75, 3.05) is 6.61 Å². The smallest absolute Gasteiger partial charge is 0.256 e. The fraction of sp³-hybridized carbons (Fsp3) is 0.235. The molecule has 0 bridgehead atoms. The lowest BCUT2D eigenvalue weighted by Gasteiger charge is -2.09. The predicted octanol–water partition coefficient (Wildman–Crippen LogP) is 3.33. The second-order valence-corrected chi connectivity index (χ2v) is 4.78. The first-order valence-electron chi connectivity index (χ1n) is 6.95. The summed E-state index contributed by atoms with van der Waals surface area (Å²) in [7, 11) is 0. The number of hydrogen-bond acceptors (Lipinski definition) is 2. The number of nitrogens with two attached hydrogens (primary N) is 1. The van der Waals surface area contributed by atoms with Crippen molar-refractivity contribution in [1.29, 1.82) is 0 Å². The van der Waals surface area contributed by atoms with Gasteiger partial charge in [0.2, 0.25) is 0 Å². The maximum Gasteiger partial charge on any atom is 0.256 e. The third-order valence-corrected chi connectivity index (χ3v) is 3.19. The number of amides is 1. The van der Waals surface area contributed by atoms with Gasteiger partial charge in [-0.1, -0.05) is 36.4 Å². The molecule has 2 rings (SSSR count). The first kappa shape index (κ1) is 14.9. The van der Waals surface area contributed by atoms with Crippen LogP contribution in [0.2, 0.25) is 0 Å². The van der Waals surface area contributed by atoms with Crippen LogP contribution in [0, 0.1) is 0 Å². The highest BCUT2D eigenvalue weighted by Crippen LogP contribution is 2.27. The first-order chi connectivity index (χ1) is 10.2. The van der Waals surface area contributed by atoms with Crippen LogP contribution in [0.1, 0.15) is 28.8 Å². The molecular weight excluding hydrogens is 266 g/mol. The Balaban J connectivity index is 1.81. The van der Waals surface area contributed by atoms with E-state index in [4.69, 9.17) is 10.5 Å². The van der Waals surface area contributed by atoms with Crippen molar-refractivity contribution in [3.05, 3.63) is 59.7 Å². The Hall–Kier alpha value is -2.49. The van der Waals surface area contributed by atoms with Gasteiger partial charge in [-0.15, -0.1) is 0 Å². The lowest BCUT2D eigenvalue weighted by atomic mass is 10.1. The maximum atomic E-state index is 11.6. The number of carbonyl (C=O) groups excluding carboxylic acids is 1. The van der Waals surface area contributed by atoms with Crippen molar-refractivity contribution in [3.8, 4) is 11.5 Å². The molecule has 21 heavy (non-hydrogen) atoms. The van der Waals surface area contributed by atoms with Crippen molar-refractivity contribution in [2.24, 2.45) is 5.73 Å². The molecule has 0 aromatic heterocycles. The predicted molar refractivity (Wildman–Crippen MR) is 80.0 cm³/mol. The van der Waals surface area contributed by atoms with Gasteiger partial charge in [0.25, 0.3) is 5.91 Å². The highest BCUT2D eigenvalue weighted by Gasteiger charge is 2.15. The zero-order valence-corrected chi connectivity index (χ0v) is 11.7. The van der Waals surface area contributed by atoms with Crippen molar-refractivity contribution in [3.63, 3.8) is 0 Å². The molecule has 1 amide bonds. The van der Waals surface area contributed by atoms with Gasteiger partial charge in [0.1, 0.15) is 11.3 Å². The highest BCUT2D eigenvalue weighted by molar-refractivity contribution is 5.98. The number of carbonyl (C=O) groups is 1. The summed E-state index contributed by atoms with van der Waals surface area (Å²) in [6.45, 7) is 0.455. The van der Waals surface area contributed by atoms with E-state index in [0.29, 0.717) is 6.61 Å². The average molecular weight is 284 g/mol. The molecule has 0 heterocycles. The van der Waals surface area contributed by atoms with Crippen molar-refractivity contribution in [2.45, 2.75) is 19.3 Å². The molecule has 4 nitrogen and oxygen atoms in total. The molecule has 109 valence electrons. The summed E-state index contributed by atoms with van der Waals surface area (Å²) in [5, 5.41) is 11.6. The van der Waals surface area contributed by atoms with Gasteiger partial charge in [0.05, 0.1) is 6.61 Å². The van der Waals surface area contributed by atoms with Gasteiger partial charge >= 0.3 is 0 Å². The van der Waals surface area contributed by atoms with Gasteiger partial charge in [-0.05, 0) is 37.0 Å². The van der Waals surface area contributed by atoms with Crippen LogP contribution in [0.25, 0.3) is 0 Å². The van der Waals surface area contributed by atoms with Crippen LogP contribution in [0.3, 0.4) is 0 Å². The molecule has 0 saturated heterocycles. The van der Waals surface area contributed by atoms with E-state index in [2.05, 4.69) is 12.1 Å². The molecule has 0 fully saturated rings. The second kappa shape index (κ2) is 7.33. The molecule has 0 aliphatic heterocycles. The van der Waals surface area contributed by atoms with E-state index in [9.17, 15) is 9.90 Å². The number of primary amides is 1. The van der Waals surface area contributed by atoms with Gasteiger partial charge in [0.15, 0.2) is 5.75 Å². The van der Waals surface area contributed by atoms with Crippen LogP contribution in [0.15, 0.2) is 48.5 Å².